The molecule has 5 heteroatoms. The largest absolute Gasteiger partial charge is 0.462 e. The van der Waals surface area contributed by atoms with Gasteiger partial charge in [-0.05, 0) is 74.9 Å². The van der Waals surface area contributed by atoms with Gasteiger partial charge in [-0.1, -0.05) is 29.0 Å². The zero-order valence-electron chi connectivity index (χ0n) is 16.6. The van der Waals surface area contributed by atoms with E-state index in [9.17, 15) is 4.79 Å². The third-order valence-electron chi connectivity index (χ3n) is 4.82. The van der Waals surface area contributed by atoms with Crippen molar-refractivity contribution >= 4 is 11.7 Å². The summed E-state index contributed by atoms with van der Waals surface area (Å²) in [7, 11) is 0. The normalized spacial score (nSPS) is 14.1. The highest BCUT2D eigenvalue weighted by Crippen LogP contribution is 2.33. The van der Waals surface area contributed by atoms with Crippen molar-refractivity contribution in [3.63, 3.8) is 0 Å². The molecule has 0 saturated carbocycles. The maximum absolute atomic E-state index is 12.5. The summed E-state index contributed by atoms with van der Waals surface area (Å²) in [5.74, 6) is -0.364. The van der Waals surface area contributed by atoms with Crippen LogP contribution in [0.2, 0.25) is 0 Å². The molecule has 1 heterocycles. The average molecular weight is 365 g/mol. The van der Waals surface area contributed by atoms with Gasteiger partial charge in [-0.15, -0.1) is 5.11 Å². The Bertz CT molecular complexity index is 845. The van der Waals surface area contributed by atoms with Crippen LogP contribution in [0.15, 0.2) is 40.7 Å². The van der Waals surface area contributed by atoms with Crippen LogP contribution in [-0.2, 0) is 4.74 Å². The number of rotatable bonds is 5. The predicted molar refractivity (Wildman–Crippen MR) is 107 cm³/mol. The second kappa shape index (κ2) is 8.33. The first kappa shape index (κ1) is 19.1. The van der Waals surface area contributed by atoms with E-state index in [2.05, 4.69) is 43.2 Å². The monoisotopic (exact) mass is 365 g/mol. The third-order valence-corrected chi connectivity index (χ3v) is 4.82. The SMILES string of the molecule is CCOC(=O)c1cc(-c2c(C)cc(C)cc2C)ccc1N=NN1CCCC1. The van der Waals surface area contributed by atoms with Crippen molar-refractivity contribution in [2.75, 3.05) is 19.7 Å². The molecule has 0 aromatic heterocycles. The molecule has 0 N–H and O–H groups in total. The van der Waals surface area contributed by atoms with Crippen LogP contribution in [0.25, 0.3) is 11.1 Å². The molecule has 0 bridgehead atoms. The van der Waals surface area contributed by atoms with Crippen molar-refractivity contribution < 1.29 is 9.53 Å². The second-order valence-corrected chi connectivity index (χ2v) is 7.08. The van der Waals surface area contributed by atoms with Gasteiger partial charge in [0, 0.05) is 13.1 Å². The fourth-order valence-electron chi connectivity index (χ4n) is 3.69. The van der Waals surface area contributed by atoms with Crippen LogP contribution in [-0.4, -0.2) is 30.7 Å². The fraction of sp³-hybridized carbons (Fsp3) is 0.409. The van der Waals surface area contributed by atoms with Gasteiger partial charge < -0.3 is 4.74 Å². The Morgan fingerprint density at radius 2 is 1.74 bits per heavy atom. The Morgan fingerprint density at radius 1 is 1.07 bits per heavy atom. The first-order chi connectivity index (χ1) is 13.0. The molecule has 27 heavy (non-hydrogen) atoms. The zero-order chi connectivity index (χ0) is 19.4. The number of hydrogen-bond acceptors (Lipinski definition) is 4. The van der Waals surface area contributed by atoms with Crippen LogP contribution in [0, 0.1) is 20.8 Å². The minimum absolute atomic E-state index is 0.328. The summed E-state index contributed by atoms with van der Waals surface area (Å²) < 4.78 is 5.26. The van der Waals surface area contributed by atoms with Gasteiger partial charge in [0.1, 0.15) is 5.69 Å². The summed E-state index contributed by atoms with van der Waals surface area (Å²) in [5, 5.41) is 10.6. The smallest absolute Gasteiger partial charge is 0.340 e. The Hall–Kier alpha value is -2.69. The van der Waals surface area contributed by atoms with Crippen LogP contribution in [0.5, 0.6) is 0 Å². The van der Waals surface area contributed by atoms with E-state index in [4.69, 9.17) is 4.74 Å². The highest BCUT2D eigenvalue weighted by molar-refractivity contribution is 5.96. The number of benzene rings is 2. The molecule has 0 aliphatic carbocycles. The van der Waals surface area contributed by atoms with E-state index >= 15 is 0 Å². The van der Waals surface area contributed by atoms with Gasteiger partial charge >= 0.3 is 5.97 Å². The first-order valence-electron chi connectivity index (χ1n) is 9.55. The highest BCUT2D eigenvalue weighted by Gasteiger charge is 2.17. The van der Waals surface area contributed by atoms with Gasteiger partial charge in [0.25, 0.3) is 0 Å². The van der Waals surface area contributed by atoms with E-state index in [0.717, 1.165) is 37.1 Å². The quantitative estimate of drug-likeness (QED) is 0.515. The average Bonchev–Trinajstić information content (AvgIpc) is 3.13. The number of carbonyl (C=O) groups is 1. The lowest BCUT2D eigenvalue weighted by atomic mass is 9.92. The lowest BCUT2D eigenvalue weighted by Gasteiger charge is -2.14. The van der Waals surface area contributed by atoms with Gasteiger partial charge in [0.15, 0.2) is 0 Å². The molecular formula is C22H27N3O2. The summed E-state index contributed by atoms with van der Waals surface area (Å²) in [6.07, 6.45) is 2.27. The summed E-state index contributed by atoms with van der Waals surface area (Å²) in [4.78, 5) is 12.5. The van der Waals surface area contributed by atoms with Crippen molar-refractivity contribution in [3.05, 3.63) is 52.6 Å². The number of nitrogens with zero attached hydrogens (tertiary/aromatic N) is 3. The number of esters is 1. The number of carbonyl (C=O) groups excluding carboxylic acids is 1. The Labute approximate surface area is 161 Å². The van der Waals surface area contributed by atoms with Gasteiger partial charge in [0.2, 0.25) is 0 Å². The van der Waals surface area contributed by atoms with E-state index < -0.39 is 0 Å². The number of hydrogen-bond donors (Lipinski definition) is 0. The molecule has 2 aromatic rings. The van der Waals surface area contributed by atoms with Gasteiger partial charge in [-0.25, -0.2) is 4.79 Å². The van der Waals surface area contributed by atoms with Crippen LogP contribution in [0.3, 0.4) is 0 Å². The molecule has 0 unspecified atom stereocenters. The molecule has 5 nitrogen and oxygen atoms in total. The Balaban J connectivity index is 2.03. The van der Waals surface area contributed by atoms with Crippen molar-refractivity contribution in [2.24, 2.45) is 10.3 Å². The minimum atomic E-state index is -0.364. The second-order valence-electron chi connectivity index (χ2n) is 7.08. The van der Waals surface area contributed by atoms with E-state index in [0.29, 0.717) is 17.9 Å². The first-order valence-corrected chi connectivity index (χ1v) is 9.55. The number of ether oxygens (including phenoxy) is 1. The Morgan fingerprint density at radius 3 is 2.37 bits per heavy atom. The lowest BCUT2D eigenvalue weighted by Crippen LogP contribution is -2.10. The molecule has 1 aliphatic rings. The van der Waals surface area contributed by atoms with Crippen molar-refractivity contribution in [1.29, 1.82) is 0 Å². The number of aryl methyl sites for hydroxylation is 3. The molecule has 0 spiro atoms. The van der Waals surface area contributed by atoms with Crippen molar-refractivity contribution in [2.45, 2.75) is 40.5 Å². The molecule has 1 fully saturated rings. The molecule has 142 valence electrons. The summed E-state index contributed by atoms with van der Waals surface area (Å²) in [6, 6.07) is 10.1. The molecule has 0 atom stereocenters. The van der Waals surface area contributed by atoms with Gasteiger partial charge in [-0.3, -0.25) is 5.01 Å². The van der Waals surface area contributed by atoms with E-state index in [1.54, 1.807) is 6.92 Å². The standard InChI is InChI=1S/C22H27N3O2/c1-5-27-22(26)19-14-18(21-16(3)12-15(2)13-17(21)4)8-9-20(19)23-24-25-10-6-7-11-25/h8-9,12-14H,5-7,10-11H2,1-4H3. The van der Waals surface area contributed by atoms with Gasteiger partial charge in [-0.2, -0.15) is 0 Å². The van der Waals surface area contributed by atoms with Crippen molar-refractivity contribution in [1.82, 2.24) is 5.01 Å². The molecule has 1 saturated heterocycles. The van der Waals surface area contributed by atoms with Crippen LogP contribution < -0.4 is 0 Å². The molecule has 0 amide bonds. The summed E-state index contributed by atoms with van der Waals surface area (Å²) in [5.41, 5.74) is 6.75. The maximum Gasteiger partial charge on any atom is 0.340 e. The molecule has 3 rings (SSSR count). The van der Waals surface area contributed by atoms with Crippen molar-refractivity contribution in [3.8, 4) is 11.1 Å². The molecule has 1 aliphatic heterocycles. The maximum atomic E-state index is 12.5. The molecular weight excluding hydrogens is 338 g/mol. The highest BCUT2D eigenvalue weighted by atomic mass is 16.5. The predicted octanol–water partition coefficient (Wildman–Crippen LogP) is 5.55. The Kier molecular flexibility index (Phi) is 5.89. The van der Waals surface area contributed by atoms with E-state index in [1.165, 1.54) is 16.7 Å². The summed E-state index contributed by atoms with van der Waals surface area (Å²) in [6.45, 7) is 10.3. The molecule has 0 radical (unpaired) electrons. The van der Waals surface area contributed by atoms with E-state index in [1.807, 2.05) is 23.2 Å². The van der Waals surface area contributed by atoms with E-state index in [-0.39, 0.29) is 5.97 Å². The van der Waals surface area contributed by atoms with Crippen LogP contribution in [0.4, 0.5) is 5.69 Å². The minimum Gasteiger partial charge on any atom is -0.462 e. The fourth-order valence-corrected chi connectivity index (χ4v) is 3.69. The topological polar surface area (TPSA) is 54.3 Å². The zero-order valence-corrected chi connectivity index (χ0v) is 16.6. The lowest BCUT2D eigenvalue weighted by molar-refractivity contribution is 0.0527. The van der Waals surface area contributed by atoms with Crippen LogP contribution in [0.1, 0.15) is 46.8 Å². The van der Waals surface area contributed by atoms with Crippen LogP contribution >= 0.6 is 0 Å². The van der Waals surface area contributed by atoms with Gasteiger partial charge in [0.05, 0.1) is 12.2 Å². The summed E-state index contributed by atoms with van der Waals surface area (Å²) >= 11 is 0. The third kappa shape index (κ3) is 4.35. The molecule has 2 aromatic carbocycles.